The van der Waals surface area contributed by atoms with Crippen molar-refractivity contribution in [1.29, 1.82) is 0 Å². The zero-order valence-corrected chi connectivity index (χ0v) is 11.4. The Balaban J connectivity index is 2.65. The Bertz CT molecular complexity index is 303. The van der Waals surface area contributed by atoms with Crippen molar-refractivity contribution >= 4 is 10.0 Å². The van der Waals surface area contributed by atoms with Gasteiger partial charge in [-0.15, -0.1) is 0 Å². The lowest BCUT2D eigenvalue weighted by molar-refractivity contribution is 0.328. The van der Waals surface area contributed by atoms with E-state index >= 15 is 0 Å². The van der Waals surface area contributed by atoms with E-state index in [2.05, 4.69) is 12.2 Å². The molecule has 1 saturated heterocycles. The molecular weight excluding hydrogens is 224 g/mol. The predicted octanol–water partition coefficient (Wildman–Crippen LogP) is 1.19. The molecule has 16 heavy (non-hydrogen) atoms. The summed E-state index contributed by atoms with van der Waals surface area (Å²) in [6, 6.07) is 0.401. The minimum Gasteiger partial charge on any atom is -0.316 e. The van der Waals surface area contributed by atoms with Gasteiger partial charge in [-0.25, -0.2) is 8.42 Å². The first-order valence-electron chi connectivity index (χ1n) is 6.24. The average Bonchev–Trinajstić information content (AvgIpc) is 2.60. The van der Waals surface area contributed by atoms with Crippen molar-refractivity contribution in [3.8, 4) is 0 Å². The molecule has 96 valence electrons. The van der Waals surface area contributed by atoms with Crippen molar-refractivity contribution < 1.29 is 8.42 Å². The van der Waals surface area contributed by atoms with E-state index in [9.17, 15) is 8.42 Å². The zero-order valence-electron chi connectivity index (χ0n) is 10.6. The first-order valence-corrected chi connectivity index (χ1v) is 7.85. The molecule has 0 aromatic rings. The van der Waals surface area contributed by atoms with Crippen LogP contribution < -0.4 is 5.32 Å². The molecule has 1 rings (SSSR count). The van der Waals surface area contributed by atoms with Crippen molar-refractivity contribution in [2.24, 2.45) is 0 Å². The van der Waals surface area contributed by atoms with Crippen LogP contribution in [0.15, 0.2) is 0 Å². The summed E-state index contributed by atoms with van der Waals surface area (Å²) in [5.74, 6) is 0.224. The number of sulfonamides is 1. The summed E-state index contributed by atoms with van der Waals surface area (Å²) in [6.45, 7) is 7.44. The maximum Gasteiger partial charge on any atom is 0.215 e. The van der Waals surface area contributed by atoms with Gasteiger partial charge in [0.1, 0.15) is 0 Å². The molecule has 1 heterocycles. The van der Waals surface area contributed by atoms with E-state index in [0.717, 1.165) is 25.8 Å². The van der Waals surface area contributed by atoms with Gasteiger partial charge in [-0.3, -0.25) is 0 Å². The van der Waals surface area contributed by atoms with Gasteiger partial charge >= 0.3 is 0 Å². The molecule has 2 atom stereocenters. The van der Waals surface area contributed by atoms with E-state index in [-0.39, 0.29) is 17.8 Å². The Morgan fingerprint density at radius 1 is 1.31 bits per heavy atom. The van der Waals surface area contributed by atoms with Crippen LogP contribution in [0.25, 0.3) is 0 Å². The van der Waals surface area contributed by atoms with E-state index in [1.165, 1.54) is 0 Å². The molecule has 0 spiro atoms. The van der Waals surface area contributed by atoms with Crippen LogP contribution in [0.4, 0.5) is 0 Å². The van der Waals surface area contributed by atoms with Crippen LogP contribution in [0.1, 0.15) is 40.0 Å². The molecule has 0 saturated carbocycles. The van der Waals surface area contributed by atoms with Gasteiger partial charge in [0.25, 0.3) is 0 Å². The Morgan fingerprint density at radius 2 is 2.00 bits per heavy atom. The van der Waals surface area contributed by atoms with E-state index < -0.39 is 10.0 Å². The normalized spacial score (nSPS) is 27.4. The van der Waals surface area contributed by atoms with Gasteiger partial charge < -0.3 is 5.32 Å². The SMILES string of the molecule is CCNCCS(=O)(=O)N1C(C)CCC1CC. The molecule has 1 aliphatic heterocycles. The van der Waals surface area contributed by atoms with Gasteiger partial charge in [-0.05, 0) is 32.7 Å². The Morgan fingerprint density at radius 3 is 2.56 bits per heavy atom. The minimum absolute atomic E-state index is 0.177. The predicted molar refractivity (Wildman–Crippen MR) is 66.9 cm³/mol. The summed E-state index contributed by atoms with van der Waals surface area (Å²) < 4.78 is 26.1. The Labute approximate surface area is 99.5 Å². The molecule has 0 aromatic heterocycles. The van der Waals surface area contributed by atoms with Gasteiger partial charge in [0.2, 0.25) is 10.0 Å². The first kappa shape index (κ1) is 13.9. The third-order valence-electron chi connectivity index (χ3n) is 3.29. The average molecular weight is 248 g/mol. The highest BCUT2D eigenvalue weighted by Gasteiger charge is 2.37. The van der Waals surface area contributed by atoms with Crippen LogP contribution in [-0.4, -0.2) is 43.6 Å². The highest BCUT2D eigenvalue weighted by atomic mass is 32.2. The molecular formula is C11H24N2O2S. The van der Waals surface area contributed by atoms with Gasteiger partial charge in [0, 0.05) is 18.6 Å². The molecule has 0 bridgehead atoms. The zero-order chi connectivity index (χ0) is 12.2. The quantitative estimate of drug-likeness (QED) is 0.718. The second-order valence-electron chi connectivity index (χ2n) is 4.49. The van der Waals surface area contributed by atoms with Gasteiger partial charge in [0.15, 0.2) is 0 Å². The fourth-order valence-corrected chi connectivity index (χ4v) is 4.39. The minimum atomic E-state index is -3.07. The monoisotopic (exact) mass is 248 g/mol. The second kappa shape index (κ2) is 5.98. The van der Waals surface area contributed by atoms with Crippen molar-refractivity contribution in [2.75, 3.05) is 18.8 Å². The van der Waals surface area contributed by atoms with Gasteiger partial charge in [-0.1, -0.05) is 13.8 Å². The van der Waals surface area contributed by atoms with Crippen molar-refractivity contribution in [1.82, 2.24) is 9.62 Å². The molecule has 1 N–H and O–H groups in total. The Hall–Kier alpha value is -0.130. The molecule has 0 amide bonds. The van der Waals surface area contributed by atoms with Crippen LogP contribution in [-0.2, 0) is 10.0 Å². The van der Waals surface area contributed by atoms with Crippen molar-refractivity contribution in [3.63, 3.8) is 0 Å². The van der Waals surface area contributed by atoms with Crippen molar-refractivity contribution in [3.05, 3.63) is 0 Å². The summed E-state index contributed by atoms with van der Waals surface area (Å²) in [5.41, 5.74) is 0. The van der Waals surface area contributed by atoms with Crippen molar-refractivity contribution in [2.45, 2.75) is 52.1 Å². The number of rotatable bonds is 6. The molecule has 0 radical (unpaired) electrons. The van der Waals surface area contributed by atoms with Crippen LogP contribution in [0.3, 0.4) is 0 Å². The van der Waals surface area contributed by atoms with E-state index in [1.807, 2.05) is 13.8 Å². The topological polar surface area (TPSA) is 49.4 Å². The van der Waals surface area contributed by atoms with E-state index in [0.29, 0.717) is 6.54 Å². The Kier molecular flexibility index (Phi) is 5.21. The van der Waals surface area contributed by atoms with E-state index in [1.54, 1.807) is 4.31 Å². The van der Waals surface area contributed by atoms with Crippen LogP contribution in [0.2, 0.25) is 0 Å². The lowest BCUT2D eigenvalue weighted by Gasteiger charge is -2.27. The number of hydrogen-bond acceptors (Lipinski definition) is 3. The number of nitrogens with one attached hydrogen (secondary N) is 1. The summed E-state index contributed by atoms with van der Waals surface area (Å²) in [6.07, 6.45) is 2.93. The summed E-state index contributed by atoms with van der Waals surface area (Å²) >= 11 is 0. The standard InChI is InChI=1S/C11H24N2O2S/c1-4-11-7-6-10(3)13(11)16(14,15)9-8-12-5-2/h10-12H,4-9H2,1-3H3. The van der Waals surface area contributed by atoms with Crippen LogP contribution in [0.5, 0.6) is 0 Å². The van der Waals surface area contributed by atoms with E-state index in [4.69, 9.17) is 0 Å². The highest BCUT2D eigenvalue weighted by Crippen LogP contribution is 2.28. The maximum atomic E-state index is 12.2. The lowest BCUT2D eigenvalue weighted by Crippen LogP contribution is -2.42. The molecule has 1 fully saturated rings. The number of nitrogens with zero attached hydrogens (tertiary/aromatic N) is 1. The summed E-state index contributed by atoms with van der Waals surface area (Å²) in [7, 11) is -3.07. The maximum absolute atomic E-state index is 12.2. The first-order chi connectivity index (χ1) is 7.53. The fourth-order valence-electron chi connectivity index (χ4n) is 2.42. The fraction of sp³-hybridized carbons (Fsp3) is 1.00. The second-order valence-corrected chi connectivity index (χ2v) is 6.48. The van der Waals surface area contributed by atoms with Crippen LogP contribution >= 0.6 is 0 Å². The largest absolute Gasteiger partial charge is 0.316 e. The molecule has 5 heteroatoms. The molecule has 1 aliphatic rings. The molecule has 0 aliphatic carbocycles. The third kappa shape index (κ3) is 3.18. The highest BCUT2D eigenvalue weighted by molar-refractivity contribution is 7.89. The van der Waals surface area contributed by atoms with Gasteiger partial charge in [0.05, 0.1) is 5.75 Å². The molecule has 2 unspecified atom stereocenters. The summed E-state index contributed by atoms with van der Waals surface area (Å²) in [4.78, 5) is 0. The van der Waals surface area contributed by atoms with Gasteiger partial charge in [-0.2, -0.15) is 4.31 Å². The molecule has 0 aromatic carbocycles. The number of hydrogen-bond donors (Lipinski definition) is 1. The smallest absolute Gasteiger partial charge is 0.215 e. The summed E-state index contributed by atoms with van der Waals surface area (Å²) in [5, 5.41) is 3.07. The lowest BCUT2D eigenvalue weighted by atomic mass is 10.2. The molecule has 4 nitrogen and oxygen atoms in total. The van der Waals surface area contributed by atoms with Crippen LogP contribution in [0, 0.1) is 0 Å². The third-order valence-corrected chi connectivity index (χ3v) is 5.31.